The Labute approximate surface area is 158 Å². The van der Waals surface area contributed by atoms with Gasteiger partial charge < -0.3 is 10.2 Å². The topological polar surface area (TPSA) is 100 Å². The molecule has 1 saturated heterocycles. The quantitative estimate of drug-likeness (QED) is 0.610. The minimum atomic E-state index is -3.91. The number of nitrogens with zero attached hydrogens (tertiary/aromatic N) is 1. The number of hydrogen-bond acceptors (Lipinski definition) is 4. The number of piperazine rings is 1. The predicted molar refractivity (Wildman–Crippen MR) is 97.1 cm³/mol. The van der Waals surface area contributed by atoms with E-state index in [1.807, 2.05) is 0 Å². The summed E-state index contributed by atoms with van der Waals surface area (Å²) < 4.78 is 40.3. The Bertz CT molecular complexity index is 792. The van der Waals surface area contributed by atoms with E-state index in [1.54, 1.807) is 20.8 Å². The number of imide groups is 1. The molecule has 3 N–H and O–H groups in total. The van der Waals surface area contributed by atoms with Crippen LogP contribution in [-0.4, -0.2) is 62.9 Å². The van der Waals surface area contributed by atoms with Crippen LogP contribution in [0.5, 0.6) is 0 Å². The first kappa shape index (κ1) is 21.3. The van der Waals surface area contributed by atoms with Crippen molar-refractivity contribution in [3.63, 3.8) is 0 Å². The van der Waals surface area contributed by atoms with Gasteiger partial charge in [0.2, 0.25) is 10.0 Å². The summed E-state index contributed by atoms with van der Waals surface area (Å²) >= 11 is 0. The Morgan fingerprint density at radius 3 is 2.30 bits per heavy atom. The number of hydrogen-bond donors (Lipinski definition) is 3. The molecule has 1 atom stereocenters. The number of carbonyl (C=O) groups is 2. The molecule has 150 valence electrons. The molecule has 0 unspecified atom stereocenters. The highest BCUT2D eigenvalue weighted by Gasteiger charge is 2.35. The number of benzene rings is 1. The molecule has 1 fully saturated rings. The Balaban J connectivity index is 1.95. The minimum Gasteiger partial charge on any atom is -0.336 e. The zero-order valence-corrected chi connectivity index (χ0v) is 16.5. The normalized spacial score (nSPS) is 17.5. The van der Waals surface area contributed by atoms with Gasteiger partial charge in [-0.05, 0) is 32.9 Å². The lowest BCUT2D eigenvalue weighted by Gasteiger charge is -2.34. The van der Waals surface area contributed by atoms with E-state index in [0.29, 0.717) is 13.1 Å². The van der Waals surface area contributed by atoms with Crippen LogP contribution in [0.1, 0.15) is 20.8 Å². The van der Waals surface area contributed by atoms with Crippen LogP contribution in [0.2, 0.25) is 0 Å². The molecule has 1 heterocycles. The van der Waals surface area contributed by atoms with E-state index in [2.05, 4.69) is 10.6 Å². The Morgan fingerprint density at radius 2 is 1.74 bits per heavy atom. The molecule has 0 saturated carbocycles. The summed E-state index contributed by atoms with van der Waals surface area (Å²) in [5.74, 6) is -1.20. The van der Waals surface area contributed by atoms with Crippen molar-refractivity contribution in [2.75, 3.05) is 26.2 Å². The molecule has 27 heavy (non-hydrogen) atoms. The zero-order chi connectivity index (χ0) is 20.2. The van der Waals surface area contributed by atoms with E-state index in [1.165, 1.54) is 22.5 Å². The fourth-order valence-electron chi connectivity index (χ4n) is 2.94. The smallest absolute Gasteiger partial charge is 0.321 e. The molecule has 8 nitrogen and oxygen atoms in total. The molecule has 1 aromatic carbocycles. The van der Waals surface area contributed by atoms with Crippen molar-refractivity contribution in [2.24, 2.45) is 0 Å². The van der Waals surface area contributed by atoms with Crippen LogP contribution in [0.3, 0.4) is 0 Å². The highest BCUT2D eigenvalue weighted by atomic mass is 32.2. The standard InChI is InChI=1S/C17H25FN4O4S/c1-12(2)19-17(24)20-16(23)13(3)21-8-10-22(11-9-21)27(25,26)15-7-5-4-6-14(15)18/h4-7,12-13H,8-11H2,1-3H3,(H2,19,20,23,24)/p+1/t13-/m1/s1. The molecule has 1 aliphatic heterocycles. The van der Waals surface area contributed by atoms with Gasteiger partial charge in [-0.3, -0.25) is 10.1 Å². The van der Waals surface area contributed by atoms with Crippen LogP contribution < -0.4 is 15.5 Å². The maximum Gasteiger partial charge on any atom is 0.321 e. The SMILES string of the molecule is CC(C)NC(=O)NC(=O)[C@@H](C)[NH+]1CCN(S(=O)(=O)c2ccccc2F)CC1. The second-order valence-electron chi connectivity index (χ2n) is 6.83. The third-order valence-electron chi connectivity index (χ3n) is 4.48. The van der Waals surface area contributed by atoms with Crippen LogP contribution in [0.4, 0.5) is 9.18 Å². The summed E-state index contributed by atoms with van der Waals surface area (Å²) in [6.45, 7) is 6.36. The zero-order valence-electron chi connectivity index (χ0n) is 15.7. The number of amides is 3. The van der Waals surface area contributed by atoms with Gasteiger partial charge in [0.25, 0.3) is 5.91 Å². The van der Waals surface area contributed by atoms with Crippen molar-refractivity contribution < 1.29 is 27.3 Å². The summed E-state index contributed by atoms with van der Waals surface area (Å²) in [6.07, 6.45) is 0. The minimum absolute atomic E-state index is 0.0902. The van der Waals surface area contributed by atoms with Crippen LogP contribution in [0.25, 0.3) is 0 Å². The van der Waals surface area contributed by atoms with Gasteiger partial charge >= 0.3 is 6.03 Å². The van der Waals surface area contributed by atoms with Crippen molar-refractivity contribution in [1.29, 1.82) is 0 Å². The third-order valence-corrected chi connectivity index (χ3v) is 6.41. The van der Waals surface area contributed by atoms with E-state index < -0.39 is 33.8 Å². The van der Waals surface area contributed by atoms with E-state index in [4.69, 9.17) is 0 Å². The molecular formula is C17H26FN4O4S+. The van der Waals surface area contributed by atoms with Crippen molar-refractivity contribution in [2.45, 2.75) is 37.8 Å². The van der Waals surface area contributed by atoms with Crippen molar-refractivity contribution in [1.82, 2.24) is 14.9 Å². The first-order chi connectivity index (χ1) is 12.6. The molecule has 1 aromatic rings. The van der Waals surface area contributed by atoms with Gasteiger partial charge in [-0.25, -0.2) is 17.6 Å². The molecule has 2 rings (SSSR count). The number of nitrogens with one attached hydrogen (secondary N) is 3. The lowest BCUT2D eigenvalue weighted by Crippen LogP contribution is -3.19. The summed E-state index contributed by atoms with van der Waals surface area (Å²) in [7, 11) is -3.91. The lowest BCUT2D eigenvalue weighted by atomic mass is 10.2. The predicted octanol–water partition coefficient (Wildman–Crippen LogP) is -0.662. The van der Waals surface area contributed by atoms with Gasteiger partial charge in [0, 0.05) is 6.04 Å². The molecular weight excluding hydrogens is 375 g/mol. The van der Waals surface area contributed by atoms with Gasteiger partial charge in [0.05, 0.1) is 26.2 Å². The fourth-order valence-corrected chi connectivity index (χ4v) is 4.45. The van der Waals surface area contributed by atoms with Gasteiger partial charge in [0.1, 0.15) is 10.7 Å². The average Bonchev–Trinajstić information content (AvgIpc) is 2.60. The Kier molecular flexibility index (Phi) is 6.90. The first-order valence-electron chi connectivity index (χ1n) is 8.83. The van der Waals surface area contributed by atoms with Gasteiger partial charge in [-0.1, -0.05) is 12.1 Å². The number of quaternary nitrogens is 1. The fraction of sp³-hybridized carbons (Fsp3) is 0.529. The summed E-state index contributed by atoms with van der Waals surface area (Å²) in [6, 6.07) is 4.12. The van der Waals surface area contributed by atoms with Gasteiger partial charge in [-0.15, -0.1) is 0 Å². The van der Waals surface area contributed by atoms with E-state index in [9.17, 15) is 22.4 Å². The van der Waals surface area contributed by atoms with Crippen LogP contribution >= 0.6 is 0 Å². The highest BCUT2D eigenvalue weighted by molar-refractivity contribution is 7.89. The molecule has 0 radical (unpaired) electrons. The number of rotatable bonds is 5. The number of halogens is 1. The van der Waals surface area contributed by atoms with Crippen molar-refractivity contribution in [3.05, 3.63) is 30.1 Å². The van der Waals surface area contributed by atoms with E-state index in [0.717, 1.165) is 11.0 Å². The summed E-state index contributed by atoms with van der Waals surface area (Å²) in [5.41, 5.74) is 0. The van der Waals surface area contributed by atoms with Gasteiger partial charge in [0.15, 0.2) is 6.04 Å². The molecule has 10 heteroatoms. The van der Waals surface area contributed by atoms with Crippen LogP contribution in [-0.2, 0) is 14.8 Å². The molecule has 0 aromatic heterocycles. The Morgan fingerprint density at radius 1 is 1.15 bits per heavy atom. The maximum atomic E-state index is 13.9. The molecule has 3 amide bonds. The second kappa shape index (κ2) is 8.77. The molecule has 1 aliphatic rings. The van der Waals surface area contributed by atoms with Crippen LogP contribution in [0, 0.1) is 5.82 Å². The summed E-state index contributed by atoms with van der Waals surface area (Å²) in [5, 5.41) is 4.87. The van der Waals surface area contributed by atoms with Crippen molar-refractivity contribution in [3.8, 4) is 0 Å². The molecule has 0 bridgehead atoms. The average molecular weight is 401 g/mol. The molecule has 0 spiro atoms. The number of carbonyl (C=O) groups excluding carboxylic acids is 2. The number of urea groups is 1. The second-order valence-corrected chi connectivity index (χ2v) is 8.74. The maximum absolute atomic E-state index is 13.9. The van der Waals surface area contributed by atoms with Crippen molar-refractivity contribution >= 4 is 22.0 Å². The first-order valence-corrected chi connectivity index (χ1v) is 10.3. The lowest BCUT2D eigenvalue weighted by molar-refractivity contribution is -0.917. The highest BCUT2D eigenvalue weighted by Crippen LogP contribution is 2.18. The third kappa shape index (κ3) is 5.24. The van der Waals surface area contributed by atoms with E-state index >= 15 is 0 Å². The van der Waals surface area contributed by atoms with E-state index in [-0.39, 0.29) is 24.0 Å². The van der Waals surface area contributed by atoms with Gasteiger partial charge in [-0.2, -0.15) is 4.31 Å². The summed E-state index contributed by atoms with van der Waals surface area (Å²) in [4.78, 5) is 24.4. The Hall–Kier alpha value is -2.04. The largest absolute Gasteiger partial charge is 0.336 e. The number of sulfonamides is 1. The monoisotopic (exact) mass is 401 g/mol. The van der Waals surface area contributed by atoms with Crippen LogP contribution in [0.15, 0.2) is 29.2 Å². The molecule has 0 aliphatic carbocycles.